The van der Waals surface area contributed by atoms with Crippen molar-refractivity contribution < 1.29 is 29.0 Å². The van der Waals surface area contributed by atoms with E-state index in [1.165, 1.54) is 15.8 Å². The predicted molar refractivity (Wildman–Crippen MR) is 149 cm³/mol. The summed E-state index contributed by atoms with van der Waals surface area (Å²) in [4.78, 5) is 49.0. The lowest BCUT2D eigenvalue weighted by Crippen LogP contribution is -2.47. The van der Waals surface area contributed by atoms with Gasteiger partial charge in [-0.15, -0.1) is 4.99 Å². The first-order chi connectivity index (χ1) is 17.8. The summed E-state index contributed by atoms with van der Waals surface area (Å²) in [6.45, 7) is 17.7. The van der Waals surface area contributed by atoms with Crippen LogP contribution in [0, 0.1) is 5.41 Å². The van der Waals surface area contributed by atoms with Gasteiger partial charge >= 0.3 is 12.2 Å². The van der Waals surface area contributed by atoms with Gasteiger partial charge in [0.1, 0.15) is 17.0 Å². The van der Waals surface area contributed by atoms with Gasteiger partial charge < -0.3 is 14.6 Å². The van der Waals surface area contributed by atoms with E-state index in [4.69, 9.17) is 14.5 Å². The Hall–Kier alpha value is -3.50. The molecule has 11 nitrogen and oxygen atoms in total. The highest BCUT2D eigenvalue weighted by Gasteiger charge is 2.35. The molecule has 1 aliphatic rings. The quantitative estimate of drug-likeness (QED) is 0.370. The fourth-order valence-corrected chi connectivity index (χ4v) is 4.05. The van der Waals surface area contributed by atoms with E-state index >= 15 is 0 Å². The molecule has 1 aliphatic carbocycles. The summed E-state index contributed by atoms with van der Waals surface area (Å²) in [5, 5.41) is 14.8. The molecule has 2 amide bonds. The van der Waals surface area contributed by atoms with Crippen LogP contribution in [0.5, 0.6) is 0 Å². The van der Waals surface area contributed by atoms with Crippen LogP contribution in [0.4, 0.5) is 9.59 Å². The van der Waals surface area contributed by atoms with Crippen molar-refractivity contribution in [2.45, 2.75) is 106 Å². The maximum absolute atomic E-state index is 13.5. The molecule has 0 bridgehead atoms. The molecular formula is C28H43N5O6. The first-order valence-corrected chi connectivity index (χ1v) is 13.1. The van der Waals surface area contributed by atoms with Crippen molar-refractivity contribution in [2.24, 2.45) is 15.4 Å². The van der Waals surface area contributed by atoms with Crippen molar-refractivity contribution in [1.82, 2.24) is 14.7 Å². The average molecular weight is 546 g/mol. The Morgan fingerprint density at radius 1 is 1.15 bits per heavy atom. The number of aromatic nitrogens is 2. The summed E-state index contributed by atoms with van der Waals surface area (Å²) < 4.78 is 12.3. The lowest BCUT2D eigenvalue weighted by molar-refractivity contribution is -0.118. The standard InChI is InChI=1S/C28H43N5O6/c1-11-19(30-18(2)22-20(34)15-28(9,10)16-21(22)35)17-32(25(37)39-27(6,7)8)23(33-14-12-13-29-33)31-24(36)38-26(3,4)5/h12-14,19,34H,11,15-17H2,1-10H3. The number of ether oxygens (including phenoxy) is 2. The first-order valence-electron chi connectivity index (χ1n) is 13.1. The van der Waals surface area contributed by atoms with Gasteiger partial charge in [0, 0.05) is 30.9 Å². The number of hydrogen-bond donors (Lipinski definition) is 1. The molecule has 0 aromatic carbocycles. The fraction of sp³-hybridized carbons (Fsp3) is 0.643. The van der Waals surface area contributed by atoms with E-state index in [1.807, 2.05) is 20.8 Å². The Kier molecular flexibility index (Phi) is 9.86. The van der Waals surface area contributed by atoms with Crippen molar-refractivity contribution in [3.63, 3.8) is 0 Å². The number of aliphatic imine (C=N–C) groups is 2. The monoisotopic (exact) mass is 545 g/mol. The van der Waals surface area contributed by atoms with Gasteiger partial charge in [0.15, 0.2) is 5.78 Å². The minimum atomic E-state index is -0.903. The van der Waals surface area contributed by atoms with Crippen molar-refractivity contribution in [1.29, 1.82) is 0 Å². The third-order valence-corrected chi connectivity index (χ3v) is 5.60. The molecule has 1 aromatic rings. The molecule has 39 heavy (non-hydrogen) atoms. The number of nitrogens with zero attached hydrogens (tertiary/aromatic N) is 5. The summed E-state index contributed by atoms with van der Waals surface area (Å²) in [6.07, 6.45) is 2.51. The molecule has 1 aromatic heterocycles. The molecule has 1 atom stereocenters. The molecule has 1 heterocycles. The zero-order valence-electron chi connectivity index (χ0n) is 24.9. The molecule has 11 heteroatoms. The topological polar surface area (TPSA) is 136 Å². The predicted octanol–water partition coefficient (Wildman–Crippen LogP) is 5.70. The van der Waals surface area contributed by atoms with Crippen molar-refractivity contribution in [3.05, 3.63) is 29.8 Å². The minimum Gasteiger partial charge on any atom is -0.511 e. The smallest absolute Gasteiger partial charge is 0.437 e. The van der Waals surface area contributed by atoms with Gasteiger partial charge in [0.05, 0.1) is 18.2 Å². The zero-order chi connectivity index (χ0) is 29.8. The number of carbonyl (C=O) groups excluding carboxylic acids is 3. The number of amides is 2. The Bertz CT molecular complexity index is 1150. The van der Waals surface area contributed by atoms with E-state index in [-0.39, 0.29) is 35.0 Å². The molecule has 1 N–H and O–H groups in total. The van der Waals surface area contributed by atoms with Gasteiger partial charge in [0.25, 0.3) is 0 Å². The number of allylic oxidation sites excluding steroid dienone is 2. The van der Waals surface area contributed by atoms with Gasteiger partial charge in [-0.05, 0) is 66.4 Å². The molecule has 0 saturated carbocycles. The molecule has 0 saturated heterocycles. The summed E-state index contributed by atoms with van der Waals surface area (Å²) >= 11 is 0. The number of hydrogen-bond acceptors (Lipinski definition) is 8. The van der Waals surface area contributed by atoms with E-state index in [9.17, 15) is 19.5 Å². The molecule has 0 aliphatic heterocycles. The summed E-state index contributed by atoms with van der Waals surface area (Å²) in [7, 11) is 0. The Labute approximate surface area is 231 Å². The maximum atomic E-state index is 13.5. The SMILES string of the molecule is CCC(CN(C(=O)OC(C)(C)C)C(=NC(=O)OC(C)(C)C)n1cccn1)N=C(C)C1=C(O)CC(C)(C)CC1=O. The van der Waals surface area contributed by atoms with Crippen LogP contribution in [0.1, 0.15) is 88.5 Å². The van der Waals surface area contributed by atoms with Crippen LogP contribution in [-0.4, -0.2) is 73.2 Å². The number of aliphatic hydroxyl groups excluding tert-OH is 1. The van der Waals surface area contributed by atoms with E-state index in [0.29, 0.717) is 25.0 Å². The highest BCUT2D eigenvalue weighted by Crippen LogP contribution is 2.36. The maximum Gasteiger partial charge on any atom is 0.437 e. The van der Waals surface area contributed by atoms with Crippen molar-refractivity contribution in [3.8, 4) is 0 Å². The zero-order valence-corrected chi connectivity index (χ0v) is 24.9. The molecule has 1 unspecified atom stereocenters. The van der Waals surface area contributed by atoms with Gasteiger partial charge in [-0.2, -0.15) is 5.10 Å². The van der Waals surface area contributed by atoms with Crippen LogP contribution in [0.3, 0.4) is 0 Å². The van der Waals surface area contributed by atoms with Gasteiger partial charge in [-0.3, -0.25) is 9.79 Å². The van der Waals surface area contributed by atoms with Crippen LogP contribution in [0.2, 0.25) is 0 Å². The van der Waals surface area contributed by atoms with Crippen molar-refractivity contribution >= 4 is 29.6 Å². The lowest BCUT2D eigenvalue weighted by atomic mass is 9.76. The number of Topliss-reactive ketones (excluding diaryl/α,β-unsaturated/α-hetero) is 1. The minimum absolute atomic E-state index is 0.0140. The Morgan fingerprint density at radius 2 is 1.77 bits per heavy atom. The molecule has 2 rings (SSSR count). The Morgan fingerprint density at radius 3 is 2.26 bits per heavy atom. The molecule has 0 spiro atoms. The molecular weight excluding hydrogens is 502 g/mol. The van der Waals surface area contributed by atoms with Crippen LogP contribution >= 0.6 is 0 Å². The fourth-order valence-electron chi connectivity index (χ4n) is 4.05. The van der Waals surface area contributed by atoms with Crippen LogP contribution < -0.4 is 0 Å². The number of aliphatic hydroxyl groups is 1. The van der Waals surface area contributed by atoms with Crippen LogP contribution in [0.25, 0.3) is 0 Å². The van der Waals surface area contributed by atoms with Gasteiger partial charge in [-0.1, -0.05) is 20.8 Å². The largest absolute Gasteiger partial charge is 0.511 e. The number of carbonyl (C=O) groups is 3. The van der Waals surface area contributed by atoms with Crippen molar-refractivity contribution in [2.75, 3.05) is 6.54 Å². The highest BCUT2D eigenvalue weighted by molar-refractivity contribution is 6.22. The molecule has 216 valence electrons. The first kappa shape index (κ1) is 31.7. The highest BCUT2D eigenvalue weighted by atomic mass is 16.6. The van der Waals surface area contributed by atoms with E-state index in [1.54, 1.807) is 60.7 Å². The summed E-state index contributed by atoms with van der Waals surface area (Å²) in [5.41, 5.74) is -1.38. The second kappa shape index (κ2) is 12.1. The molecule has 0 radical (unpaired) electrons. The lowest BCUT2D eigenvalue weighted by Gasteiger charge is -2.31. The Balaban J connectivity index is 2.55. The molecule has 0 fully saturated rings. The normalized spacial score (nSPS) is 17.6. The number of rotatable bonds is 5. The third kappa shape index (κ3) is 9.63. The second-order valence-electron chi connectivity index (χ2n) is 12.5. The average Bonchev–Trinajstić information content (AvgIpc) is 3.25. The summed E-state index contributed by atoms with van der Waals surface area (Å²) in [5.74, 6) is -0.278. The van der Waals surface area contributed by atoms with Crippen LogP contribution in [0.15, 0.2) is 39.8 Å². The second-order valence-corrected chi connectivity index (χ2v) is 12.5. The van der Waals surface area contributed by atoms with E-state index in [2.05, 4.69) is 10.1 Å². The van der Waals surface area contributed by atoms with E-state index < -0.39 is 29.4 Å². The van der Waals surface area contributed by atoms with E-state index in [0.717, 1.165) is 0 Å². The van der Waals surface area contributed by atoms with Crippen LogP contribution in [-0.2, 0) is 14.3 Å². The van der Waals surface area contributed by atoms with Gasteiger partial charge in [0.2, 0.25) is 5.96 Å². The number of ketones is 1. The third-order valence-electron chi connectivity index (χ3n) is 5.60. The van der Waals surface area contributed by atoms with Gasteiger partial charge in [-0.25, -0.2) is 19.2 Å². The summed E-state index contributed by atoms with van der Waals surface area (Å²) in [6, 6.07) is 1.10.